The summed E-state index contributed by atoms with van der Waals surface area (Å²) in [5, 5.41) is 5.73. The average molecular weight is 349 g/mol. The Bertz CT molecular complexity index is 879. The molecule has 0 saturated carbocycles. The van der Waals surface area contributed by atoms with Crippen LogP contribution < -0.4 is 15.5 Å². The second-order valence-corrected chi connectivity index (χ2v) is 6.65. The van der Waals surface area contributed by atoms with Crippen molar-refractivity contribution >= 4 is 34.8 Å². The number of para-hydroxylation sites is 1. The summed E-state index contributed by atoms with van der Waals surface area (Å²) in [6.45, 7) is 0.385. The summed E-state index contributed by atoms with van der Waals surface area (Å²) in [6.07, 6.45) is 1.32. The van der Waals surface area contributed by atoms with Crippen LogP contribution in [0.4, 0.5) is 17.1 Å². The molecule has 0 aromatic heterocycles. The summed E-state index contributed by atoms with van der Waals surface area (Å²) in [4.78, 5) is 38.0. The van der Waals surface area contributed by atoms with Gasteiger partial charge in [0.1, 0.15) is 0 Å². The number of benzene rings is 2. The Labute approximate surface area is 151 Å². The molecule has 0 aliphatic carbocycles. The van der Waals surface area contributed by atoms with E-state index in [9.17, 15) is 14.4 Å². The molecule has 2 N–H and O–H groups in total. The van der Waals surface area contributed by atoms with E-state index in [-0.39, 0.29) is 30.1 Å². The molecule has 6 nitrogen and oxygen atoms in total. The molecule has 2 aromatic rings. The van der Waals surface area contributed by atoms with E-state index in [4.69, 9.17) is 0 Å². The first-order valence-corrected chi connectivity index (χ1v) is 8.69. The van der Waals surface area contributed by atoms with Gasteiger partial charge in [0.15, 0.2) is 0 Å². The second kappa shape index (κ2) is 6.63. The molecule has 4 rings (SSSR count). The van der Waals surface area contributed by atoms with E-state index in [1.807, 2.05) is 36.4 Å². The van der Waals surface area contributed by atoms with Gasteiger partial charge in [-0.15, -0.1) is 0 Å². The van der Waals surface area contributed by atoms with Gasteiger partial charge in [-0.1, -0.05) is 18.2 Å². The van der Waals surface area contributed by atoms with Crippen LogP contribution >= 0.6 is 0 Å². The van der Waals surface area contributed by atoms with Crippen molar-refractivity contribution in [3.05, 3.63) is 54.1 Å². The summed E-state index contributed by atoms with van der Waals surface area (Å²) >= 11 is 0. The third-order valence-electron chi connectivity index (χ3n) is 4.83. The van der Waals surface area contributed by atoms with E-state index in [2.05, 4.69) is 10.6 Å². The van der Waals surface area contributed by atoms with E-state index in [0.717, 1.165) is 16.9 Å². The lowest BCUT2D eigenvalue weighted by Gasteiger charge is -2.19. The summed E-state index contributed by atoms with van der Waals surface area (Å²) in [6, 6.07) is 14.9. The zero-order valence-corrected chi connectivity index (χ0v) is 14.2. The van der Waals surface area contributed by atoms with Crippen LogP contribution in [0.3, 0.4) is 0 Å². The minimum absolute atomic E-state index is 0.0137. The Morgan fingerprint density at radius 1 is 1.08 bits per heavy atom. The summed E-state index contributed by atoms with van der Waals surface area (Å²) in [7, 11) is 0. The molecule has 1 saturated heterocycles. The number of amides is 3. The Kier molecular flexibility index (Phi) is 4.16. The van der Waals surface area contributed by atoms with Crippen molar-refractivity contribution in [1.82, 2.24) is 0 Å². The Hall–Kier alpha value is -3.15. The van der Waals surface area contributed by atoms with Crippen LogP contribution in [0.5, 0.6) is 0 Å². The number of carbonyl (C=O) groups is 3. The number of anilines is 3. The smallest absolute Gasteiger partial charge is 0.229 e. The molecule has 1 unspecified atom stereocenters. The molecule has 1 fully saturated rings. The normalized spacial score (nSPS) is 19.1. The molecule has 3 amide bonds. The predicted octanol–water partition coefficient (Wildman–Crippen LogP) is 2.56. The van der Waals surface area contributed by atoms with Gasteiger partial charge in [-0.2, -0.15) is 0 Å². The minimum atomic E-state index is -0.376. The number of aryl methyl sites for hydroxylation is 1. The minimum Gasteiger partial charge on any atom is -0.326 e. The van der Waals surface area contributed by atoms with Crippen molar-refractivity contribution in [3.63, 3.8) is 0 Å². The second-order valence-electron chi connectivity index (χ2n) is 6.65. The van der Waals surface area contributed by atoms with Crippen LogP contribution in [0.25, 0.3) is 0 Å². The standard InChI is InChI=1S/C20H19N3O3/c24-18-9-6-13-10-15(7-8-17(13)22-18)21-20(26)14-11-19(25)23(12-14)16-4-2-1-3-5-16/h1-5,7-8,10,14H,6,9,11-12H2,(H,21,26)(H,22,24). The van der Waals surface area contributed by atoms with Gasteiger partial charge in [-0.05, 0) is 42.3 Å². The maximum absolute atomic E-state index is 12.6. The van der Waals surface area contributed by atoms with E-state index in [0.29, 0.717) is 25.1 Å². The van der Waals surface area contributed by atoms with Gasteiger partial charge >= 0.3 is 0 Å². The molecule has 6 heteroatoms. The number of carbonyl (C=O) groups excluding carboxylic acids is 3. The van der Waals surface area contributed by atoms with Gasteiger partial charge in [-0.25, -0.2) is 0 Å². The van der Waals surface area contributed by atoms with E-state index in [1.165, 1.54) is 0 Å². The highest BCUT2D eigenvalue weighted by Gasteiger charge is 2.35. The lowest BCUT2D eigenvalue weighted by atomic mass is 10.0. The topological polar surface area (TPSA) is 78.5 Å². The van der Waals surface area contributed by atoms with Crippen LogP contribution in [-0.4, -0.2) is 24.3 Å². The molecule has 2 aliphatic rings. The Morgan fingerprint density at radius 3 is 2.69 bits per heavy atom. The zero-order valence-electron chi connectivity index (χ0n) is 14.2. The van der Waals surface area contributed by atoms with Gasteiger partial charge in [0.2, 0.25) is 17.7 Å². The fraction of sp³-hybridized carbons (Fsp3) is 0.250. The first-order valence-electron chi connectivity index (χ1n) is 8.69. The quantitative estimate of drug-likeness (QED) is 0.894. The lowest BCUT2D eigenvalue weighted by molar-refractivity contribution is -0.122. The SMILES string of the molecule is O=C1CCc2cc(NC(=O)C3CC(=O)N(c4ccccc4)C3)ccc2N1. The Balaban J connectivity index is 1.44. The van der Waals surface area contributed by atoms with Crippen LogP contribution in [0.15, 0.2) is 48.5 Å². The summed E-state index contributed by atoms with van der Waals surface area (Å²) in [5.41, 5.74) is 3.31. The monoisotopic (exact) mass is 349 g/mol. The molecule has 26 heavy (non-hydrogen) atoms. The highest BCUT2D eigenvalue weighted by Crippen LogP contribution is 2.28. The first-order chi connectivity index (χ1) is 12.6. The largest absolute Gasteiger partial charge is 0.326 e. The van der Waals surface area contributed by atoms with Crippen molar-refractivity contribution in [1.29, 1.82) is 0 Å². The summed E-state index contributed by atoms with van der Waals surface area (Å²) < 4.78 is 0. The Morgan fingerprint density at radius 2 is 1.88 bits per heavy atom. The van der Waals surface area contributed by atoms with Crippen LogP contribution in [0.1, 0.15) is 18.4 Å². The molecule has 1 atom stereocenters. The number of hydrogen-bond acceptors (Lipinski definition) is 3. The number of fused-ring (bicyclic) bond motifs is 1. The third-order valence-corrected chi connectivity index (χ3v) is 4.83. The molecule has 2 heterocycles. The molecule has 0 radical (unpaired) electrons. The van der Waals surface area contributed by atoms with Crippen molar-refractivity contribution in [2.45, 2.75) is 19.3 Å². The number of nitrogens with zero attached hydrogens (tertiary/aromatic N) is 1. The van der Waals surface area contributed by atoms with Gasteiger partial charge < -0.3 is 15.5 Å². The van der Waals surface area contributed by atoms with Crippen molar-refractivity contribution in [2.24, 2.45) is 5.92 Å². The average Bonchev–Trinajstić information content (AvgIpc) is 3.04. The highest BCUT2D eigenvalue weighted by molar-refractivity contribution is 6.03. The molecule has 2 aliphatic heterocycles. The van der Waals surface area contributed by atoms with Gasteiger partial charge in [0, 0.05) is 36.4 Å². The van der Waals surface area contributed by atoms with Crippen molar-refractivity contribution in [2.75, 3.05) is 22.1 Å². The number of hydrogen-bond donors (Lipinski definition) is 2. The van der Waals surface area contributed by atoms with Gasteiger partial charge in [0.25, 0.3) is 0 Å². The van der Waals surface area contributed by atoms with Gasteiger partial charge in [0.05, 0.1) is 5.92 Å². The third kappa shape index (κ3) is 3.18. The maximum Gasteiger partial charge on any atom is 0.229 e. The number of rotatable bonds is 3. The molecule has 2 aromatic carbocycles. The van der Waals surface area contributed by atoms with E-state index >= 15 is 0 Å². The molecular weight excluding hydrogens is 330 g/mol. The van der Waals surface area contributed by atoms with Gasteiger partial charge in [-0.3, -0.25) is 14.4 Å². The highest BCUT2D eigenvalue weighted by atomic mass is 16.2. The van der Waals surface area contributed by atoms with Crippen molar-refractivity contribution in [3.8, 4) is 0 Å². The first kappa shape index (κ1) is 16.3. The maximum atomic E-state index is 12.6. The fourth-order valence-electron chi connectivity index (χ4n) is 3.45. The van der Waals surface area contributed by atoms with Crippen LogP contribution in [-0.2, 0) is 20.8 Å². The lowest BCUT2D eigenvalue weighted by Crippen LogP contribution is -2.28. The van der Waals surface area contributed by atoms with Crippen LogP contribution in [0, 0.1) is 5.92 Å². The molecule has 132 valence electrons. The molecule has 0 spiro atoms. The molecule has 0 bridgehead atoms. The zero-order chi connectivity index (χ0) is 18.1. The predicted molar refractivity (Wildman–Crippen MR) is 98.9 cm³/mol. The fourth-order valence-corrected chi connectivity index (χ4v) is 3.45. The van der Waals surface area contributed by atoms with Crippen molar-refractivity contribution < 1.29 is 14.4 Å². The molecular formula is C20H19N3O3. The number of nitrogens with one attached hydrogen (secondary N) is 2. The van der Waals surface area contributed by atoms with E-state index < -0.39 is 0 Å². The summed E-state index contributed by atoms with van der Waals surface area (Å²) in [5.74, 6) is -0.556. The van der Waals surface area contributed by atoms with Crippen LogP contribution in [0.2, 0.25) is 0 Å². The van der Waals surface area contributed by atoms with E-state index in [1.54, 1.807) is 17.0 Å².